The second-order valence-corrected chi connectivity index (χ2v) is 9.05. The molecule has 0 amide bonds. The Kier molecular flexibility index (Phi) is 21.2. The molecule has 0 atom stereocenters. The molecule has 1 aromatic rings. The van der Waals surface area contributed by atoms with E-state index in [9.17, 15) is 0 Å². The molecule has 0 radical (unpaired) electrons. The lowest BCUT2D eigenvalue weighted by Gasteiger charge is -2.08. The van der Waals surface area contributed by atoms with E-state index < -0.39 is 0 Å². The molecule has 0 aliphatic heterocycles. The molecule has 0 heterocycles. The van der Waals surface area contributed by atoms with Crippen molar-refractivity contribution < 1.29 is 5.48 Å². The van der Waals surface area contributed by atoms with Gasteiger partial charge in [-0.2, -0.15) is 0 Å². The van der Waals surface area contributed by atoms with E-state index in [0.717, 1.165) is 0 Å². The lowest BCUT2D eigenvalue weighted by atomic mass is 10.0. The van der Waals surface area contributed by atoms with Gasteiger partial charge in [-0.15, -0.1) is 0 Å². The standard InChI is InChI=1S/C27H49N.H2O/c1-28(2)26-22-17-15-13-11-9-7-5-3-4-6-8-10-12-14-16-19-23-27-24-20-18-21-25-27;/h18,20-21,24-25H,3-17,19,22-23,26H2,1-2H3;1H2. The van der Waals surface area contributed by atoms with E-state index in [1.165, 1.54) is 128 Å². The van der Waals surface area contributed by atoms with Crippen LogP contribution in [0.25, 0.3) is 0 Å². The van der Waals surface area contributed by atoms with Crippen LogP contribution >= 0.6 is 0 Å². The molecule has 1 rings (SSSR count). The van der Waals surface area contributed by atoms with E-state index in [4.69, 9.17) is 0 Å². The minimum atomic E-state index is 0. The summed E-state index contributed by atoms with van der Waals surface area (Å²) in [6, 6.07) is 10.9. The van der Waals surface area contributed by atoms with Crippen molar-refractivity contribution in [1.29, 1.82) is 0 Å². The van der Waals surface area contributed by atoms with Crippen molar-refractivity contribution in [3.8, 4) is 0 Å². The zero-order valence-electron chi connectivity index (χ0n) is 19.8. The summed E-state index contributed by atoms with van der Waals surface area (Å²) in [4.78, 5) is 2.30. The van der Waals surface area contributed by atoms with Crippen LogP contribution in [-0.4, -0.2) is 31.0 Å². The monoisotopic (exact) mass is 405 g/mol. The number of aryl methyl sites for hydroxylation is 1. The molecule has 170 valence electrons. The number of unbranched alkanes of at least 4 members (excludes halogenated alkanes) is 16. The molecule has 2 nitrogen and oxygen atoms in total. The van der Waals surface area contributed by atoms with Gasteiger partial charge in [0.15, 0.2) is 0 Å². The first kappa shape index (κ1) is 28.1. The molecule has 1 aromatic carbocycles. The summed E-state index contributed by atoms with van der Waals surface area (Å²) in [6.45, 7) is 1.26. The third kappa shape index (κ3) is 20.2. The Morgan fingerprint density at radius 1 is 0.483 bits per heavy atom. The second kappa shape index (κ2) is 21.8. The maximum atomic E-state index is 2.30. The number of hydrogen-bond donors (Lipinski definition) is 0. The number of rotatable bonds is 20. The number of hydrogen-bond acceptors (Lipinski definition) is 1. The summed E-state index contributed by atoms with van der Waals surface area (Å²) in [5, 5.41) is 0. The van der Waals surface area contributed by atoms with Gasteiger partial charge >= 0.3 is 0 Å². The highest BCUT2D eigenvalue weighted by molar-refractivity contribution is 5.14. The van der Waals surface area contributed by atoms with E-state index in [2.05, 4.69) is 49.3 Å². The Morgan fingerprint density at radius 2 is 0.828 bits per heavy atom. The lowest BCUT2D eigenvalue weighted by Crippen LogP contribution is -2.12. The van der Waals surface area contributed by atoms with Crippen LogP contribution in [0.1, 0.15) is 115 Å². The van der Waals surface area contributed by atoms with Gasteiger partial charge in [0.05, 0.1) is 0 Å². The van der Waals surface area contributed by atoms with Crippen LogP contribution in [0, 0.1) is 0 Å². The zero-order valence-corrected chi connectivity index (χ0v) is 19.8. The fourth-order valence-corrected chi connectivity index (χ4v) is 4.05. The van der Waals surface area contributed by atoms with Crippen molar-refractivity contribution in [3.63, 3.8) is 0 Å². The third-order valence-electron chi connectivity index (χ3n) is 5.91. The molecule has 0 fully saturated rings. The zero-order chi connectivity index (χ0) is 20.1. The van der Waals surface area contributed by atoms with Crippen LogP contribution in [-0.2, 0) is 6.42 Å². The molecule has 0 aliphatic rings. The van der Waals surface area contributed by atoms with Crippen molar-refractivity contribution in [2.45, 2.75) is 116 Å². The molecule has 2 N–H and O–H groups in total. The lowest BCUT2D eigenvalue weighted by molar-refractivity contribution is 0.389. The van der Waals surface area contributed by atoms with Crippen molar-refractivity contribution in [2.75, 3.05) is 20.6 Å². The largest absolute Gasteiger partial charge is 0.412 e. The first-order chi connectivity index (χ1) is 13.8. The Labute approximate surface area is 182 Å². The number of benzene rings is 1. The molecule has 0 spiro atoms. The van der Waals surface area contributed by atoms with Gasteiger partial charge in [0.2, 0.25) is 0 Å². The first-order valence-corrected chi connectivity index (χ1v) is 12.5. The Hall–Kier alpha value is -0.860. The van der Waals surface area contributed by atoms with Crippen LogP contribution in [0.15, 0.2) is 30.3 Å². The van der Waals surface area contributed by atoms with Crippen LogP contribution in [0.5, 0.6) is 0 Å². The van der Waals surface area contributed by atoms with E-state index in [1.54, 1.807) is 0 Å². The van der Waals surface area contributed by atoms with Crippen LogP contribution in [0.4, 0.5) is 0 Å². The normalized spacial score (nSPS) is 11.0. The van der Waals surface area contributed by atoms with Crippen molar-refractivity contribution in [1.82, 2.24) is 4.90 Å². The summed E-state index contributed by atoms with van der Waals surface area (Å²) >= 11 is 0. The highest BCUT2D eigenvalue weighted by atomic mass is 16.0. The van der Waals surface area contributed by atoms with E-state index in [1.807, 2.05) is 0 Å². The quantitative estimate of drug-likeness (QED) is 0.206. The second-order valence-electron chi connectivity index (χ2n) is 9.05. The van der Waals surface area contributed by atoms with Gasteiger partial charge in [-0.05, 0) is 45.5 Å². The molecule has 0 saturated heterocycles. The highest BCUT2D eigenvalue weighted by Crippen LogP contribution is 2.14. The summed E-state index contributed by atoms with van der Waals surface area (Å²) in [6.07, 6.45) is 25.8. The minimum Gasteiger partial charge on any atom is -0.412 e. The third-order valence-corrected chi connectivity index (χ3v) is 5.91. The van der Waals surface area contributed by atoms with Crippen LogP contribution in [0.3, 0.4) is 0 Å². The average Bonchev–Trinajstić information content (AvgIpc) is 2.70. The molecular weight excluding hydrogens is 354 g/mol. The fraction of sp³-hybridized carbons (Fsp3) is 0.778. The average molecular weight is 406 g/mol. The van der Waals surface area contributed by atoms with E-state index >= 15 is 0 Å². The molecule has 0 aliphatic carbocycles. The summed E-state index contributed by atoms with van der Waals surface area (Å²) < 4.78 is 0. The van der Waals surface area contributed by atoms with E-state index in [0.29, 0.717) is 0 Å². The van der Waals surface area contributed by atoms with Crippen molar-refractivity contribution >= 4 is 0 Å². The van der Waals surface area contributed by atoms with Gasteiger partial charge in [0, 0.05) is 0 Å². The molecule has 0 unspecified atom stereocenters. The molecule has 0 aromatic heterocycles. The van der Waals surface area contributed by atoms with Gasteiger partial charge < -0.3 is 10.4 Å². The van der Waals surface area contributed by atoms with Crippen molar-refractivity contribution in [2.24, 2.45) is 0 Å². The molecule has 2 heteroatoms. The first-order valence-electron chi connectivity index (χ1n) is 12.5. The fourth-order valence-electron chi connectivity index (χ4n) is 4.05. The Morgan fingerprint density at radius 3 is 1.21 bits per heavy atom. The van der Waals surface area contributed by atoms with Crippen molar-refractivity contribution in [3.05, 3.63) is 35.9 Å². The Balaban J connectivity index is 0.00000784. The SMILES string of the molecule is CN(C)CCCCCCCCCCCCCCCCCCCc1ccccc1.O. The van der Waals surface area contributed by atoms with Gasteiger partial charge in [0.1, 0.15) is 0 Å². The molecule has 0 saturated carbocycles. The summed E-state index contributed by atoms with van der Waals surface area (Å²) in [7, 11) is 4.35. The summed E-state index contributed by atoms with van der Waals surface area (Å²) in [5.74, 6) is 0. The predicted octanol–water partition coefficient (Wildman–Crippen LogP) is 7.60. The van der Waals surface area contributed by atoms with Gasteiger partial charge in [-0.3, -0.25) is 0 Å². The highest BCUT2D eigenvalue weighted by Gasteiger charge is 1.96. The molecule has 29 heavy (non-hydrogen) atoms. The number of nitrogens with zero attached hydrogens (tertiary/aromatic N) is 1. The van der Waals surface area contributed by atoms with Gasteiger partial charge in [0.25, 0.3) is 0 Å². The van der Waals surface area contributed by atoms with Crippen LogP contribution in [0.2, 0.25) is 0 Å². The van der Waals surface area contributed by atoms with E-state index in [-0.39, 0.29) is 5.48 Å². The maximum absolute atomic E-state index is 2.30. The minimum absolute atomic E-state index is 0. The summed E-state index contributed by atoms with van der Waals surface area (Å²) in [5.41, 5.74) is 1.50. The molecule has 0 bridgehead atoms. The Bertz CT molecular complexity index is 418. The molecular formula is C27H51NO. The van der Waals surface area contributed by atoms with Crippen LogP contribution < -0.4 is 0 Å². The smallest absolute Gasteiger partial charge is 0.00248 e. The van der Waals surface area contributed by atoms with Gasteiger partial charge in [-0.25, -0.2) is 0 Å². The predicted molar refractivity (Wildman–Crippen MR) is 131 cm³/mol. The van der Waals surface area contributed by atoms with Gasteiger partial charge in [-0.1, -0.05) is 127 Å². The maximum Gasteiger partial charge on any atom is -0.00248 e. The topological polar surface area (TPSA) is 34.7 Å².